The van der Waals surface area contributed by atoms with Crippen molar-refractivity contribution in [2.24, 2.45) is 5.92 Å². The molecule has 0 aromatic heterocycles. The van der Waals surface area contributed by atoms with Crippen LogP contribution in [0.5, 0.6) is 0 Å². The summed E-state index contributed by atoms with van der Waals surface area (Å²) in [7, 11) is 1.44. The fourth-order valence-corrected chi connectivity index (χ4v) is 3.39. The average Bonchev–Trinajstić information content (AvgIpc) is 3.08. The van der Waals surface area contributed by atoms with Crippen LogP contribution in [0.15, 0.2) is 46.6 Å². The molecule has 0 aromatic carbocycles. The lowest BCUT2D eigenvalue weighted by atomic mass is 9.85. The fourth-order valence-electron chi connectivity index (χ4n) is 3.39. The van der Waals surface area contributed by atoms with Gasteiger partial charge in [-0.05, 0) is 58.3 Å². The van der Waals surface area contributed by atoms with Crippen LogP contribution in [-0.4, -0.2) is 37.2 Å². The Kier molecular flexibility index (Phi) is 6.21. The van der Waals surface area contributed by atoms with Crippen LogP contribution >= 0.6 is 0 Å². The number of esters is 2. The molecule has 0 spiro atoms. The second-order valence-electron chi connectivity index (χ2n) is 7.17. The summed E-state index contributed by atoms with van der Waals surface area (Å²) in [4.78, 5) is 35.4. The second kappa shape index (κ2) is 8.05. The minimum absolute atomic E-state index is 0.395. The molecule has 0 amide bonds. The second-order valence-corrected chi connectivity index (χ2v) is 7.17. The highest BCUT2D eigenvalue weighted by Crippen LogP contribution is 2.41. The molecule has 0 radical (unpaired) electrons. The quantitative estimate of drug-likeness (QED) is 0.281. The molecule has 0 fully saturated rings. The van der Waals surface area contributed by atoms with E-state index in [0.717, 1.165) is 11.9 Å². The van der Waals surface area contributed by atoms with Crippen LogP contribution in [-0.2, 0) is 28.6 Å². The van der Waals surface area contributed by atoms with Crippen molar-refractivity contribution in [1.29, 1.82) is 0 Å². The molecular weight excluding hydrogens is 348 g/mol. The highest BCUT2D eigenvalue weighted by Gasteiger charge is 2.51. The van der Waals surface area contributed by atoms with Gasteiger partial charge in [-0.25, -0.2) is 9.59 Å². The molecule has 0 saturated heterocycles. The average molecular weight is 374 g/mol. The molecule has 2 aliphatic heterocycles. The topological polar surface area (TPSA) is 78.9 Å². The van der Waals surface area contributed by atoms with Crippen molar-refractivity contribution in [2.75, 3.05) is 7.11 Å². The number of hydrogen-bond acceptors (Lipinski definition) is 6. The predicted molar refractivity (Wildman–Crippen MR) is 99.5 cm³/mol. The summed E-state index contributed by atoms with van der Waals surface area (Å²) < 4.78 is 16.5. The summed E-state index contributed by atoms with van der Waals surface area (Å²) in [5, 5.41) is 0. The minimum Gasteiger partial charge on any atom is -0.454 e. The molecule has 0 aromatic rings. The molecule has 0 N–H and O–H groups in total. The van der Waals surface area contributed by atoms with Crippen molar-refractivity contribution in [3.8, 4) is 0 Å². The zero-order chi connectivity index (χ0) is 20.4. The molecule has 146 valence electrons. The van der Waals surface area contributed by atoms with Crippen LogP contribution in [0.3, 0.4) is 0 Å². The van der Waals surface area contributed by atoms with E-state index in [4.69, 9.17) is 14.2 Å². The monoisotopic (exact) mass is 374 g/mol. The van der Waals surface area contributed by atoms with Gasteiger partial charge in [0.25, 0.3) is 0 Å². The summed E-state index contributed by atoms with van der Waals surface area (Å²) in [6.45, 7) is 11.1. The Balaban J connectivity index is 2.29. The number of methoxy groups -OCH3 is 1. The number of carbonyl (C=O) groups excluding carboxylic acids is 3. The van der Waals surface area contributed by atoms with Crippen LogP contribution in [0, 0.1) is 5.92 Å². The Bertz CT molecular complexity index is 766. The van der Waals surface area contributed by atoms with Gasteiger partial charge in [-0.3, -0.25) is 4.79 Å². The Hall–Kier alpha value is -2.47. The van der Waals surface area contributed by atoms with Crippen LogP contribution in [0.4, 0.5) is 0 Å². The molecule has 6 nitrogen and oxygen atoms in total. The summed E-state index contributed by atoms with van der Waals surface area (Å²) in [5.41, 5.74) is 3.16. The standard InChI is InChI=1S/C21H26O6/c1-12(2)16(11-22)8-7-15-9-17(26-20(15)24)18(13(3)4)21(25-6)10-14(5)19(23)27-21/h9-11,17-18H,3,7-8H2,1-2,4-6H3/t17-,18+,21+/m0/s1. The van der Waals surface area contributed by atoms with E-state index >= 15 is 0 Å². The molecule has 3 atom stereocenters. The summed E-state index contributed by atoms with van der Waals surface area (Å²) in [6.07, 6.45) is 4.31. The van der Waals surface area contributed by atoms with Crippen molar-refractivity contribution in [3.05, 3.63) is 46.6 Å². The Morgan fingerprint density at radius 1 is 1.33 bits per heavy atom. The van der Waals surface area contributed by atoms with Gasteiger partial charge in [0.15, 0.2) is 0 Å². The van der Waals surface area contributed by atoms with Gasteiger partial charge in [-0.15, -0.1) is 0 Å². The Morgan fingerprint density at radius 3 is 2.44 bits per heavy atom. The zero-order valence-electron chi connectivity index (χ0n) is 16.5. The third-order valence-electron chi connectivity index (χ3n) is 4.92. The largest absolute Gasteiger partial charge is 0.454 e. The van der Waals surface area contributed by atoms with E-state index in [0.29, 0.717) is 35.1 Å². The molecule has 27 heavy (non-hydrogen) atoms. The van der Waals surface area contributed by atoms with E-state index in [1.165, 1.54) is 7.11 Å². The van der Waals surface area contributed by atoms with Gasteiger partial charge in [0, 0.05) is 18.3 Å². The maximum atomic E-state index is 12.3. The third kappa shape index (κ3) is 4.11. The number of cyclic esters (lactones) is 2. The maximum Gasteiger partial charge on any atom is 0.336 e. The molecule has 0 bridgehead atoms. The minimum atomic E-state index is -1.36. The molecular formula is C21H26O6. The zero-order valence-corrected chi connectivity index (χ0v) is 16.5. The number of hydrogen-bond donors (Lipinski definition) is 0. The van der Waals surface area contributed by atoms with E-state index in [1.54, 1.807) is 26.0 Å². The number of ether oxygens (including phenoxy) is 3. The van der Waals surface area contributed by atoms with Crippen LogP contribution in [0.1, 0.15) is 40.5 Å². The van der Waals surface area contributed by atoms with E-state index in [1.807, 2.05) is 13.8 Å². The number of carbonyl (C=O) groups is 3. The van der Waals surface area contributed by atoms with Gasteiger partial charge in [0.1, 0.15) is 12.4 Å². The van der Waals surface area contributed by atoms with Gasteiger partial charge in [0.05, 0.1) is 5.92 Å². The third-order valence-corrected chi connectivity index (χ3v) is 4.92. The number of rotatable bonds is 8. The first-order chi connectivity index (χ1) is 12.6. The smallest absolute Gasteiger partial charge is 0.336 e. The predicted octanol–water partition coefficient (Wildman–Crippen LogP) is 3.19. The lowest BCUT2D eigenvalue weighted by molar-refractivity contribution is -0.213. The first-order valence-corrected chi connectivity index (χ1v) is 8.81. The van der Waals surface area contributed by atoms with Gasteiger partial charge in [-0.1, -0.05) is 17.7 Å². The van der Waals surface area contributed by atoms with Crippen molar-refractivity contribution >= 4 is 18.2 Å². The van der Waals surface area contributed by atoms with E-state index in [9.17, 15) is 14.4 Å². The van der Waals surface area contributed by atoms with Crippen LogP contribution in [0.25, 0.3) is 0 Å². The molecule has 2 heterocycles. The molecule has 2 rings (SSSR count). The van der Waals surface area contributed by atoms with Gasteiger partial charge in [0.2, 0.25) is 5.79 Å². The Labute approximate surface area is 159 Å². The maximum absolute atomic E-state index is 12.3. The highest BCUT2D eigenvalue weighted by atomic mass is 16.7. The summed E-state index contributed by atoms with van der Waals surface area (Å²) in [5.74, 6) is -2.87. The molecule has 2 aliphatic rings. The van der Waals surface area contributed by atoms with Gasteiger partial charge in [-0.2, -0.15) is 0 Å². The fraction of sp³-hybridized carbons (Fsp3) is 0.476. The summed E-state index contributed by atoms with van der Waals surface area (Å²) in [6, 6.07) is 0. The van der Waals surface area contributed by atoms with Crippen molar-refractivity contribution in [3.63, 3.8) is 0 Å². The van der Waals surface area contributed by atoms with Crippen LogP contribution in [0.2, 0.25) is 0 Å². The van der Waals surface area contributed by atoms with Crippen molar-refractivity contribution < 1.29 is 28.6 Å². The molecule has 6 heteroatoms. The lowest BCUT2D eigenvalue weighted by Crippen LogP contribution is -2.46. The van der Waals surface area contributed by atoms with Gasteiger partial charge < -0.3 is 14.2 Å². The number of allylic oxidation sites excluding steroid dienone is 2. The lowest BCUT2D eigenvalue weighted by Gasteiger charge is -2.36. The van der Waals surface area contributed by atoms with Crippen molar-refractivity contribution in [1.82, 2.24) is 0 Å². The van der Waals surface area contributed by atoms with E-state index in [2.05, 4.69) is 6.58 Å². The summed E-state index contributed by atoms with van der Waals surface area (Å²) >= 11 is 0. The van der Waals surface area contributed by atoms with E-state index in [-0.39, 0.29) is 0 Å². The first kappa shape index (κ1) is 20.8. The Morgan fingerprint density at radius 2 is 2.00 bits per heavy atom. The molecule has 0 aliphatic carbocycles. The van der Waals surface area contributed by atoms with Crippen LogP contribution < -0.4 is 0 Å². The molecule has 0 saturated carbocycles. The van der Waals surface area contributed by atoms with Crippen molar-refractivity contribution in [2.45, 2.75) is 52.4 Å². The number of aldehydes is 1. The SMILES string of the molecule is C=C(C)[C@H]([C@@H]1C=C(CCC(C=O)=C(C)C)C(=O)O1)[C@@]1(OC)C=C(C)C(=O)O1. The molecule has 0 unspecified atom stereocenters. The normalized spacial score (nSPS) is 25.3. The van der Waals surface area contributed by atoms with Gasteiger partial charge >= 0.3 is 11.9 Å². The first-order valence-electron chi connectivity index (χ1n) is 8.81. The van der Waals surface area contributed by atoms with E-state index < -0.39 is 29.7 Å². The highest BCUT2D eigenvalue weighted by molar-refractivity contribution is 5.92.